The van der Waals surface area contributed by atoms with Crippen LogP contribution < -0.4 is 0 Å². The van der Waals surface area contributed by atoms with E-state index in [0.29, 0.717) is 5.56 Å². The van der Waals surface area contributed by atoms with Crippen molar-refractivity contribution in [2.24, 2.45) is 0 Å². The molecule has 2 aromatic rings. The van der Waals surface area contributed by atoms with E-state index >= 15 is 0 Å². The summed E-state index contributed by atoms with van der Waals surface area (Å²) < 4.78 is 5.10. The van der Waals surface area contributed by atoms with Crippen LogP contribution in [0.25, 0.3) is 6.08 Å². The second-order valence-electron chi connectivity index (χ2n) is 6.22. The number of para-hydroxylation sites is 1. The van der Waals surface area contributed by atoms with Gasteiger partial charge in [0.2, 0.25) is 0 Å². The summed E-state index contributed by atoms with van der Waals surface area (Å²) in [5.41, 5.74) is 1.77. The van der Waals surface area contributed by atoms with Gasteiger partial charge < -0.3 is 4.52 Å². The first kappa shape index (κ1) is 17.3. The Kier molecular flexibility index (Phi) is 5.57. The maximum atomic E-state index is 11.0. The van der Waals surface area contributed by atoms with E-state index in [2.05, 4.69) is 15.0 Å². The number of aromatic nitrogens is 1. The lowest BCUT2D eigenvalue weighted by Crippen LogP contribution is -2.45. The smallest absolute Gasteiger partial charge is 0.276 e. The SMILES string of the molecule is Cc1cc(CN2CCN(C/C=C/c3ccccc3[N+](=O)[O-])CC2)no1. The number of rotatable bonds is 6. The summed E-state index contributed by atoms with van der Waals surface area (Å²) in [4.78, 5) is 15.4. The number of hydrogen-bond acceptors (Lipinski definition) is 6. The van der Waals surface area contributed by atoms with Gasteiger partial charge in [-0.2, -0.15) is 0 Å². The number of aryl methyl sites for hydroxylation is 1. The minimum Gasteiger partial charge on any atom is -0.361 e. The summed E-state index contributed by atoms with van der Waals surface area (Å²) >= 11 is 0. The Labute approximate surface area is 146 Å². The van der Waals surface area contributed by atoms with Crippen LogP contribution in [0.1, 0.15) is 17.0 Å². The Morgan fingerprint density at radius 1 is 1.24 bits per heavy atom. The lowest BCUT2D eigenvalue weighted by atomic mass is 10.1. The van der Waals surface area contributed by atoms with Gasteiger partial charge in [0, 0.05) is 51.4 Å². The summed E-state index contributed by atoms with van der Waals surface area (Å²) in [7, 11) is 0. The highest BCUT2D eigenvalue weighted by molar-refractivity contribution is 5.60. The fraction of sp³-hybridized carbons (Fsp3) is 0.389. The lowest BCUT2D eigenvalue weighted by molar-refractivity contribution is -0.385. The van der Waals surface area contributed by atoms with Gasteiger partial charge in [0.1, 0.15) is 5.76 Å². The van der Waals surface area contributed by atoms with E-state index in [1.54, 1.807) is 12.1 Å². The second-order valence-corrected chi connectivity index (χ2v) is 6.22. The molecule has 0 aliphatic carbocycles. The molecule has 3 rings (SSSR count). The van der Waals surface area contributed by atoms with Crippen LogP contribution in [-0.2, 0) is 6.54 Å². The van der Waals surface area contributed by atoms with E-state index in [1.165, 1.54) is 6.07 Å². The molecule has 1 aromatic heterocycles. The molecule has 25 heavy (non-hydrogen) atoms. The molecule has 1 fully saturated rings. The highest BCUT2D eigenvalue weighted by atomic mass is 16.6. The Morgan fingerprint density at radius 2 is 1.96 bits per heavy atom. The van der Waals surface area contributed by atoms with Crippen LogP contribution >= 0.6 is 0 Å². The molecule has 0 N–H and O–H groups in total. The van der Waals surface area contributed by atoms with Crippen molar-refractivity contribution < 1.29 is 9.45 Å². The first-order chi connectivity index (χ1) is 12.1. The molecule has 1 aromatic carbocycles. The minimum absolute atomic E-state index is 0.145. The van der Waals surface area contributed by atoms with Crippen molar-refractivity contribution in [2.75, 3.05) is 32.7 Å². The lowest BCUT2D eigenvalue weighted by Gasteiger charge is -2.33. The predicted octanol–water partition coefficient (Wildman–Crippen LogP) is 2.72. The van der Waals surface area contributed by atoms with Crippen LogP contribution in [-0.4, -0.2) is 52.6 Å². The molecule has 7 heteroatoms. The maximum absolute atomic E-state index is 11.0. The number of piperazine rings is 1. The van der Waals surface area contributed by atoms with Crippen molar-refractivity contribution in [3.8, 4) is 0 Å². The standard InChI is InChI=1S/C18H22N4O3/c1-15-13-17(19-25-15)14-21-11-9-20(10-12-21)8-4-6-16-5-2-3-7-18(16)22(23)24/h2-7,13H,8-12,14H2,1H3/b6-4+. The monoisotopic (exact) mass is 342 g/mol. The molecule has 0 spiro atoms. The highest BCUT2D eigenvalue weighted by Gasteiger charge is 2.17. The number of benzene rings is 1. The molecule has 1 aliphatic heterocycles. The zero-order chi connectivity index (χ0) is 17.6. The summed E-state index contributed by atoms with van der Waals surface area (Å²) in [6, 6.07) is 8.78. The molecule has 1 saturated heterocycles. The number of nitrogens with zero attached hydrogens (tertiary/aromatic N) is 4. The molecule has 7 nitrogen and oxygen atoms in total. The van der Waals surface area contributed by atoms with E-state index < -0.39 is 0 Å². The van der Waals surface area contributed by atoms with Gasteiger partial charge in [0.25, 0.3) is 5.69 Å². The van der Waals surface area contributed by atoms with Gasteiger partial charge in [-0.1, -0.05) is 29.4 Å². The first-order valence-electron chi connectivity index (χ1n) is 8.38. The Bertz CT molecular complexity index is 748. The van der Waals surface area contributed by atoms with Crippen LogP contribution in [0.3, 0.4) is 0 Å². The zero-order valence-electron chi connectivity index (χ0n) is 14.3. The van der Waals surface area contributed by atoms with Gasteiger partial charge in [-0.25, -0.2) is 0 Å². The van der Waals surface area contributed by atoms with E-state index in [-0.39, 0.29) is 10.6 Å². The van der Waals surface area contributed by atoms with Gasteiger partial charge >= 0.3 is 0 Å². The van der Waals surface area contributed by atoms with E-state index in [9.17, 15) is 10.1 Å². The molecule has 0 unspecified atom stereocenters. The average molecular weight is 342 g/mol. The van der Waals surface area contributed by atoms with Gasteiger partial charge in [-0.15, -0.1) is 0 Å². The number of hydrogen-bond donors (Lipinski definition) is 0. The molecule has 2 heterocycles. The highest BCUT2D eigenvalue weighted by Crippen LogP contribution is 2.19. The third-order valence-electron chi connectivity index (χ3n) is 4.32. The van der Waals surface area contributed by atoms with E-state index in [1.807, 2.05) is 31.2 Å². The molecule has 1 aliphatic rings. The number of nitro groups is 1. The summed E-state index contributed by atoms with van der Waals surface area (Å²) in [6.45, 7) is 7.41. The van der Waals surface area contributed by atoms with Crippen molar-refractivity contribution >= 4 is 11.8 Å². The van der Waals surface area contributed by atoms with E-state index in [4.69, 9.17) is 4.52 Å². The molecule has 0 amide bonds. The van der Waals surface area contributed by atoms with Crippen LogP contribution in [0.4, 0.5) is 5.69 Å². The Balaban J connectivity index is 1.47. The van der Waals surface area contributed by atoms with Gasteiger partial charge in [-0.3, -0.25) is 19.9 Å². The molecular formula is C18H22N4O3. The third-order valence-corrected chi connectivity index (χ3v) is 4.32. The zero-order valence-corrected chi connectivity index (χ0v) is 14.3. The third kappa shape index (κ3) is 4.74. The summed E-state index contributed by atoms with van der Waals surface area (Å²) in [6.07, 6.45) is 3.83. The Hall–Kier alpha value is -2.51. The largest absolute Gasteiger partial charge is 0.361 e. The molecule has 0 radical (unpaired) electrons. The van der Waals surface area contributed by atoms with Crippen LogP contribution in [0.5, 0.6) is 0 Å². The van der Waals surface area contributed by atoms with Crippen molar-refractivity contribution in [1.82, 2.24) is 15.0 Å². The summed E-state index contributed by atoms with van der Waals surface area (Å²) in [5, 5.41) is 15.1. The summed E-state index contributed by atoms with van der Waals surface area (Å²) in [5.74, 6) is 0.841. The van der Waals surface area contributed by atoms with Gasteiger partial charge in [0.15, 0.2) is 0 Å². The van der Waals surface area contributed by atoms with Crippen molar-refractivity contribution in [1.29, 1.82) is 0 Å². The van der Waals surface area contributed by atoms with Crippen LogP contribution in [0.2, 0.25) is 0 Å². The molecule has 0 saturated carbocycles. The Morgan fingerprint density at radius 3 is 2.64 bits per heavy atom. The number of nitro benzene ring substituents is 1. The molecule has 0 bridgehead atoms. The fourth-order valence-electron chi connectivity index (χ4n) is 2.98. The molecule has 0 atom stereocenters. The molecular weight excluding hydrogens is 320 g/mol. The first-order valence-corrected chi connectivity index (χ1v) is 8.38. The molecule has 132 valence electrons. The predicted molar refractivity (Wildman–Crippen MR) is 95.1 cm³/mol. The second kappa shape index (κ2) is 8.04. The van der Waals surface area contributed by atoms with Gasteiger partial charge in [-0.05, 0) is 13.0 Å². The van der Waals surface area contributed by atoms with Crippen LogP contribution in [0.15, 0.2) is 40.9 Å². The van der Waals surface area contributed by atoms with Crippen molar-refractivity contribution in [3.05, 3.63) is 63.5 Å². The van der Waals surface area contributed by atoms with Crippen molar-refractivity contribution in [2.45, 2.75) is 13.5 Å². The normalized spacial score (nSPS) is 16.5. The topological polar surface area (TPSA) is 75.7 Å². The van der Waals surface area contributed by atoms with Gasteiger partial charge in [0.05, 0.1) is 16.2 Å². The van der Waals surface area contributed by atoms with Crippen LogP contribution in [0, 0.1) is 17.0 Å². The van der Waals surface area contributed by atoms with E-state index in [0.717, 1.165) is 50.7 Å². The fourth-order valence-corrected chi connectivity index (χ4v) is 2.98. The van der Waals surface area contributed by atoms with Crippen molar-refractivity contribution in [3.63, 3.8) is 0 Å². The maximum Gasteiger partial charge on any atom is 0.276 e. The quantitative estimate of drug-likeness (QED) is 0.593. The average Bonchev–Trinajstić information content (AvgIpc) is 3.01. The minimum atomic E-state index is -0.343.